The highest BCUT2D eigenvalue weighted by Gasteiger charge is 2.28. The minimum absolute atomic E-state index is 0.0402. The molecule has 1 fully saturated rings. The van der Waals surface area contributed by atoms with Crippen LogP contribution in [-0.2, 0) is 9.59 Å². The van der Waals surface area contributed by atoms with Crippen molar-refractivity contribution >= 4 is 17.9 Å². The Labute approximate surface area is 125 Å². The quantitative estimate of drug-likeness (QED) is 0.708. The van der Waals surface area contributed by atoms with E-state index in [1.807, 2.05) is 0 Å². The Balaban J connectivity index is 2.30. The van der Waals surface area contributed by atoms with Crippen LogP contribution in [0.5, 0.6) is 0 Å². The molecule has 1 unspecified atom stereocenters. The summed E-state index contributed by atoms with van der Waals surface area (Å²) >= 11 is 0. The Morgan fingerprint density at radius 1 is 1.29 bits per heavy atom. The van der Waals surface area contributed by atoms with Crippen LogP contribution >= 0.6 is 0 Å². The number of aliphatic carboxylic acids is 1. The molecule has 3 amide bonds. The van der Waals surface area contributed by atoms with Gasteiger partial charge < -0.3 is 20.2 Å². The fourth-order valence-electron chi connectivity index (χ4n) is 2.40. The number of carbonyl (C=O) groups is 3. The Bertz CT molecular complexity index is 384. The van der Waals surface area contributed by atoms with Crippen molar-refractivity contribution in [3.05, 3.63) is 0 Å². The van der Waals surface area contributed by atoms with Gasteiger partial charge in [-0.2, -0.15) is 0 Å². The summed E-state index contributed by atoms with van der Waals surface area (Å²) < 4.78 is 0. The second kappa shape index (κ2) is 8.49. The standard InChI is InChI=1S/C14H25N3O4/c1-16(2)14(21)17-9-5-6-11(10-17)13(20)15-8-4-3-7-12(18)19/h11H,3-10H2,1-2H3,(H,15,20)(H,18,19). The molecule has 0 aromatic carbocycles. The van der Waals surface area contributed by atoms with Crippen LogP contribution in [0, 0.1) is 5.92 Å². The number of rotatable bonds is 6. The summed E-state index contributed by atoms with van der Waals surface area (Å²) in [4.78, 5) is 37.5. The molecule has 1 aliphatic heterocycles. The topological polar surface area (TPSA) is 90.0 Å². The zero-order valence-electron chi connectivity index (χ0n) is 12.8. The first-order chi connectivity index (χ1) is 9.91. The molecule has 1 aliphatic rings. The summed E-state index contributed by atoms with van der Waals surface area (Å²) in [5.74, 6) is -1.02. The molecule has 0 aromatic heterocycles. The minimum Gasteiger partial charge on any atom is -0.481 e. The lowest BCUT2D eigenvalue weighted by atomic mass is 9.97. The molecule has 7 nitrogen and oxygen atoms in total. The number of carbonyl (C=O) groups excluding carboxylic acids is 2. The van der Waals surface area contributed by atoms with E-state index >= 15 is 0 Å². The van der Waals surface area contributed by atoms with Crippen molar-refractivity contribution < 1.29 is 19.5 Å². The second-order valence-electron chi connectivity index (χ2n) is 5.60. The Morgan fingerprint density at radius 3 is 2.62 bits per heavy atom. The Hall–Kier alpha value is -1.79. The largest absolute Gasteiger partial charge is 0.481 e. The van der Waals surface area contributed by atoms with Crippen molar-refractivity contribution in [1.29, 1.82) is 0 Å². The average Bonchev–Trinajstić information content (AvgIpc) is 2.45. The molecular formula is C14H25N3O4. The second-order valence-corrected chi connectivity index (χ2v) is 5.60. The van der Waals surface area contributed by atoms with E-state index in [-0.39, 0.29) is 24.3 Å². The molecule has 7 heteroatoms. The zero-order chi connectivity index (χ0) is 15.8. The lowest BCUT2D eigenvalue weighted by Gasteiger charge is -2.33. The van der Waals surface area contributed by atoms with Crippen LogP contribution in [0.4, 0.5) is 4.79 Å². The number of hydrogen-bond acceptors (Lipinski definition) is 3. The number of hydrogen-bond donors (Lipinski definition) is 2. The van der Waals surface area contributed by atoms with Crippen LogP contribution in [-0.4, -0.2) is 66.5 Å². The minimum atomic E-state index is -0.813. The third-order valence-electron chi connectivity index (χ3n) is 3.56. The molecule has 0 radical (unpaired) electrons. The molecule has 1 heterocycles. The SMILES string of the molecule is CN(C)C(=O)N1CCCC(C(=O)NCCCCC(=O)O)C1. The molecule has 0 saturated carbocycles. The first kappa shape index (κ1) is 17.3. The average molecular weight is 299 g/mol. The number of nitrogens with zero attached hydrogens (tertiary/aromatic N) is 2. The predicted octanol–water partition coefficient (Wildman–Crippen LogP) is 0.751. The maximum Gasteiger partial charge on any atom is 0.319 e. The van der Waals surface area contributed by atoms with E-state index in [2.05, 4.69) is 5.32 Å². The van der Waals surface area contributed by atoms with Gasteiger partial charge in [0.25, 0.3) is 0 Å². The van der Waals surface area contributed by atoms with Crippen molar-refractivity contribution in [2.45, 2.75) is 32.1 Å². The first-order valence-electron chi connectivity index (χ1n) is 7.37. The van der Waals surface area contributed by atoms with E-state index < -0.39 is 5.97 Å². The molecule has 120 valence electrons. The zero-order valence-corrected chi connectivity index (χ0v) is 12.8. The van der Waals surface area contributed by atoms with Crippen LogP contribution in [0.1, 0.15) is 32.1 Å². The highest BCUT2D eigenvalue weighted by molar-refractivity contribution is 5.80. The Morgan fingerprint density at radius 2 is 2.00 bits per heavy atom. The number of piperidine rings is 1. The maximum absolute atomic E-state index is 12.1. The number of likely N-dealkylation sites (tertiary alicyclic amines) is 1. The van der Waals surface area contributed by atoms with Crippen molar-refractivity contribution in [3.63, 3.8) is 0 Å². The predicted molar refractivity (Wildman–Crippen MR) is 77.9 cm³/mol. The molecular weight excluding hydrogens is 274 g/mol. The number of amides is 3. The van der Waals surface area contributed by atoms with Crippen molar-refractivity contribution in [1.82, 2.24) is 15.1 Å². The van der Waals surface area contributed by atoms with Gasteiger partial charge in [0, 0.05) is 40.2 Å². The fraction of sp³-hybridized carbons (Fsp3) is 0.786. The summed E-state index contributed by atoms with van der Waals surface area (Å²) in [6, 6.07) is -0.0611. The maximum atomic E-state index is 12.1. The van der Waals surface area contributed by atoms with Gasteiger partial charge in [-0.05, 0) is 25.7 Å². The van der Waals surface area contributed by atoms with Crippen LogP contribution in [0.2, 0.25) is 0 Å². The number of carboxylic acids is 1. The summed E-state index contributed by atoms with van der Waals surface area (Å²) in [7, 11) is 3.41. The van der Waals surface area contributed by atoms with E-state index in [1.165, 1.54) is 4.90 Å². The van der Waals surface area contributed by atoms with Gasteiger partial charge >= 0.3 is 12.0 Å². The van der Waals surface area contributed by atoms with Crippen LogP contribution < -0.4 is 5.32 Å². The molecule has 2 N–H and O–H groups in total. The van der Waals surface area contributed by atoms with Gasteiger partial charge in [-0.15, -0.1) is 0 Å². The van der Waals surface area contributed by atoms with E-state index in [0.717, 1.165) is 12.8 Å². The number of carboxylic acid groups (broad SMARTS) is 1. The van der Waals surface area contributed by atoms with Crippen LogP contribution in [0.15, 0.2) is 0 Å². The van der Waals surface area contributed by atoms with Gasteiger partial charge in [0.2, 0.25) is 5.91 Å². The monoisotopic (exact) mass is 299 g/mol. The van der Waals surface area contributed by atoms with E-state index in [9.17, 15) is 14.4 Å². The summed E-state index contributed by atoms with van der Waals surface area (Å²) in [6.07, 6.45) is 2.97. The van der Waals surface area contributed by atoms with Gasteiger partial charge in [0.05, 0.1) is 5.92 Å². The molecule has 0 spiro atoms. The lowest BCUT2D eigenvalue weighted by molar-refractivity contribution is -0.137. The first-order valence-corrected chi connectivity index (χ1v) is 7.37. The summed E-state index contributed by atoms with van der Waals surface area (Å²) in [5, 5.41) is 11.4. The van der Waals surface area contributed by atoms with Crippen molar-refractivity contribution in [2.24, 2.45) is 5.92 Å². The van der Waals surface area contributed by atoms with E-state index in [4.69, 9.17) is 5.11 Å². The van der Waals surface area contributed by atoms with Gasteiger partial charge in [-0.25, -0.2) is 4.79 Å². The lowest BCUT2D eigenvalue weighted by Crippen LogP contribution is -2.48. The molecule has 1 saturated heterocycles. The highest BCUT2D eigenvalue weighted by Crippen LogP contribution is 2.17. The highest BCUT2D eigenvalue weighted by atomic mass is 16.4. The molecule has 0 bridgehead atoms. The summed E-state index contributed by atoms with van der Waals surface area (Å²) in [5.41, 5.74) is 0. The molecule has 0 aliphatic carbocycles. The Kier molecular flexibility index (Phi) is 6.98. The van der Waals surface area contributed by atoms with Gasteiger partial charge in [-0.3, -0.25) is 9.59 Å². The smallest absolute Gasteiger partial charge is 0.319 e. The third-order valence-corrected chi connectivity index (χ3v) is 3.56. The fourth-order valence-corrected chi connectivity index (χ4v) is 2.40. The molecule has 21 heavy (non-hydrogen) atoms. The van der Waals surface area contributed by atoms with Gasteiger partial charge in [0.1, 0.15) is 0 Å². The van der Waals surface area contributed by atoms with Gasteiger partial charge in [0.15, 0.2) is 0 Å². The molecule has 1 atom stereocenters. The molecule has 0 aromatic rings. The van der Waals surface area contributed by atoms with Crippen molar-refractivity contribution in [2.75, 3.05) is 33.7 Å². The number of unbranched alkanes of at least 4 members (excludes halogenated alkanes) is 1. The number of nitrogens with one attached hydrogen (secondary N) is 1. The number of urea groups is 1. The summed E-state index contributed by atoms with van der Waals surface area (Å²) in [6.45, 7) is 1.64. The van der Waals surface area contributed by atoms with Crippen LogP contribution in [0.3, 0.4) is 0 Å². The van der Waals surface area contributed by atoms with E-state index in [0.29, 0.717) is 32.5 Å². The molecule has 1 rings (SSSR count). The normalized spacial score (nSPS) is 18.2. The van der Waals surface area contributed by atoms with Crippen LogP contribution in [0.25, 0.3) is 0 Å². The van der Waals surface area contributed by atoms with Gasteiger partial charge in [-0.1, -0.05) is 0 Å². The van der Waals surface area contributed by atoms with E-state index in [1.54, 1.807) is 19.0 Å². The van der Waals surface area contributed by atoms with Crippen molar-refractivity contribution in [3.8, 4) is 0 Å². The third kappa shape index (κ3) is 6.01.